The van der Waals surface area contributed by atoms with Crippen LogP contribution in [0.1, 0.15) is 19.8 Å². The molecule has 2 heterocycles. The summed E-state index contributed by atoms with van der Waals surface area (Å²) in [5, 5.41) is 6.95. The molecule has 3 aliphatic rings. The second-order valence-corrected chi connectivity index (χ2v) is 4.98. The van der Waals surface area contributed by atoms with Gasteiger partial charge in [-0.3, -0.25) is 0 Å². The molecule has 3 nitrogen and oxygen atoms in total. The highest BCUT2D eigenvalue weighted by Gasteiger charge is 2.51. The Morgan fingerprint density at radius 2 is 2.40 bits per heavy atom. The van der Waals surface area contributed by atoms with Crippen LogP contribution in [0.25, 0.3) is 0 Å². The summed E-state index contributed by atoms with van der Waals surface area (Å²) < 4.78 is 5.48. The number of allylic oxidation sites excluding steroid dienone is 1. The van der Waals surface area contributed by atoms with E-state index in [2.05, 4.69) is 35.9 Å². The molecule has 2 aliphatic heterocycles. The zero-order valence-corrected chi connectivity index (χ0v) is 9.29. The number of hydrogen-bond donors (Lipinski definition) is 2. The van der Waals surface area contributed by atoms with E-state index in [0.717, 1.165) is 12.8 Å². The lowest BCUT2D eigenvalue weighted by molar-refractivity contribution is 0.0681. The van der Waals surface area contributed by atoms with Gasteiger partial charge in [0.05, 0.1) is 6.10 Å². The smallest absolute Gasteiger partial charge is 0.105 e. The molecule has 82 valence electrons. The van der Waals surface area contributed by atoms with Crippen LogP contribution < -0.4 is 10.6 Å². The summed E-state index contributed by atoms with van der Waals surface area (Å²) in [4.78, 5) is 0. The Kier molecular flexibility index (Phi) is 1.87. The van der Waals surface area contributed by atoms with Gasteiger partial charge in [0.2, 0.25) is 0 Å². The minimum atomic E-state index is 0.225. The van der Waals surface area contributed by atoms with Crippen LogP contribution in [0.5, 0.6) is 0 Å². The summed E-state index contributed by atoms with van der Waals surface area (Å²) in [6.45, 7) is 2.32. The van der Waals surface area contributed by atoms with Crippen LogP contribution >= 0.6 is 0 Å². The maximum atomic E-state index is 5.48. The predicted octanol–water partition coefficient (Wildman–Crippen LogP) is 1.35. The van der Waals surface area contributed by atoms with Gasteiger partial charge in [-0.2, -0.15) is 0 Å². The normalized spacial score (nSPS) is 46.5. The van der Waals surface area contributed by atoms with Gasteiger partial charge in [-0.25, -0.2) is 0 Å². The van der Waals surface area contributed by atoms with E-state index >= 15 is 0 Å². The number of nitrogens with one attached hydrogen (secondary N) is 2. The van der Waals surface area contributed by atoms with E-state index in [4.69, 9.17) is 4.74 Å². The van der Waals surface area contributed by atoms with Gasteiger partial charge in [0, 0.05) is 24.1 Å². The van der Waals surface area contributed by atoms with Gasteiger partial charge in [-0.1, -0.05) is 19.1 Å². The van der Waals surface area contributed by atoms with Crippen molar-refractivity contribution in [2.45, 2.75) is 32.0 Å². The largest absolute Gasteiger partial charge is 0.381 e. The van der Waals surface area contributed by atoms with Crippen molar-refractivity contribution in [2.24, 2.45) is 11.3 Å². The minimum Gasteiger partial charge on any atom is -0.381 e. The number of fused-ring (bicyclic) bond motifs is 3. The zero-order valence-electron chi connectivity index (χ0n) is 9.29. The average Bonchev–Trinajstić information content (AvgIpc) is 2.72. The molecule has 1 fully saturated rings. The van der Waals surface area contributed by atoms with E-state index < -0.39 is 0 Å². The molecule has 0 spiro atoms. The first-order chi connectivity index (χ1) is 7.24. The van der Waals surface area contributed by atoms with Crippen molar-refractivity contribution in [2.75, 3.05) is 7.11 Å². The Morgan fingerprint density at radius 1 is 1.53 bits per heavy atom. The molecule has 3 rings (SSSR count). The van der Waals surface area contributed by atoms with Gasteiger partial charge in [-0.15, -0.1) is 0 Å². The van der Waals surface area contributed by atoms with Gasteiger partial charge in [-0.05, 0) is 19.0 Å². The van der Waals surface area contributed by atoms with Crippen LogP contribution in [-0.4, -0.2) is 19.4 Å². The third-order valence-electron chi connectivity index (χ3n) is 4.20. The average molecular weight is 206 g/mol. The van der Waals surface area contributed by atoms with Crippen molar-refractivity contribution < 1.29 is 4.74 Å². The molecule has 0 amide bonds. The van der Waals surface area contributed by atoms with E-state index in [1.54, 1.807) is 0 Å². The lowest BCUT2D eigenvalue weighted by Gasteiger charge is -2.32. The Bertz CT molecular complexity index is 337. The molecule has 3 heteroatoms. The molecule has 15 heavy (non-hydrogen) atoms. The lowest BCUT2D eigenvalue weighted by Crippen LogP contribution is -2.40. The molecule has 0 saturated carbocycles. The fourth-order valence-corrected chi connectivity index (χ4v) is 3.11. The number of methoxy groups -OCH3 is 1. The first kappa shape index (κ1) is 9.28. The van der Waals surface area contributed by atoms with Crippen molar-refractivity contribution in [1.82, 2.24) is 10.6 Å². The van der Waals surface area contributed by atoms with Crippen molar-refractivity contribution in [3.8, 4) is 0 Å². The van der Waals surface area contributed by atoms with Gasteiger partial charge in [0.15, 0.2) is 0 Å². The van der Waals surface area contributed by atoms with Crippen LogP contribution in [0.3, 0.4) is 0 Å². The van der Waals surface area contributed by atoms with E-state index in [0.29, 0.717) is 18.2 Å². The molecule has 4 atom stereocenters. The van der Waals surface area contributed by atoms with Gasteiger partial charge >= 0.3 is 0 Å². The summed E-state index contributed by atoms with van der Waals surface area (Å²) in [5.74, 6) is 0.590. The summed E-state index contributed by atoms with van der Waals surface area (Å²) in [6, 6.07) is 0. The SMILES string of the molecule is COC1CC=C2NC3NC=CC3(C)C2C1. The predicted molar refractivity (Wildman–Crippen MR) is 58.9 cm³/mol. The van der Waals surface area contributed by atoms with Crippen LogP contribution in [0.2, 0.25) is 0 Å². The number of hydrogen-bond acceptors (Lipinski definition) is 3. The lowest BCUT2D eigenvalue weighted by atomic mass is 9.73. The Labute approximate surface area is 90.6 Å². The highest BCUT2D eigenvalue weighted by molar-refractivity contribution is 5.29. The highest BCUT2D eigenvalue weighted by atomic mass is 16.5. The van der Waals surface area contributed by atoms with E-state index in [9.17, 15) is 0 Å². The maximum Gasteiger partial charge on any atom is 0.105 e. The summed E-state index contributed by atoms with van der Waals surface area (Å²) in [6.07, 6.45) is 9.63. The van der Waals surface area contributed by atoms with Gasteiger partial charge in [0.25, 0.3) is 0 Å². The van der Waals surface area contributed by atoms with Crippen LogP contribution in [0, 0.1) is 11.3 Å². The molecule has 2 N–H and O–H groups in total. The molecular weight excluding hydrogens is 188 g/mol. The van der Waals surface area contributed by atoms with Gasteiger partial charge in [0.1, 0.15) is 6.17 Å². The molecule has 1 saturated heterocycles. The monoisotopic (exact) mass is 206 g/mol. The second kappa shape index (κ2) is 3.01. The van der Waals surface area contributed by atoms with Crippen molar-refractivity contribution in [3.05, 3.63) is 24.0 Å². The Morgan fingerprint density at radius 3 is 3.20 bits per heavy atom. The van der Waals surface area contributed by atoms with E-state index in [1.807, 2.05) is 7.11 Å². The molecule has 0 aromatic carbocycles. The summed E-state index contributed by atoms with van der Waals surface area (Å²) >= 11 is 0. The van der Waals surface area contributed by atoms with Crippen LogP contribution in [0.15, 0.2) is 24.0 Å². The molecule has 0 aromatic heterocycles. The molecule has 0 aromatic rings. The fraction of sp³-hybridized carbons (Fsp3) is 0.667. The number of ether oxygens (including phenoxy) is 1. The Balaban J connectivity index is 1.92. The molecular formula is C12H18N2O. The standard InChI is InChI=1S/C12H18N2O/c1-12-5-6-13-11(12)14-10-4-3-8(15-2)7-9(10)12/h4-6,8-9,11,13-14H,3,7H2,1-2H3. The van der Waals surface area contributed by atoms with Crippen molar-refractivity contribution in [3.63, 3.8) is 0 Å². The van der Waals surface area contributed by atoms with Crippen molar-refractivity contribution >= 4 is 0 Å². The first-order valence-electron chi connectivity index (χ1n) is 5.67. The third kappa shape index (κ3) is 1.16. The Hall–Kier alpha value is -0.960. The van der Waals surface area contributed by atoms with Crippen molar-refractivity contribution in [1.29, 1.82) is 0 Å². The molecule has 4 unspecified atom stereocenters. The molecule has 1 aliphatic carbocycles. The van der Waals surface area contributed by atoms with Crippen LogP contribution in [0.4, 0.5) is 0 Å². The quantitative estimate of drug-likeness (QED) is 0.679. The highest BCUT2D eigenvalue weighted by Crippen LogP contribution is 2.48. The van der Waals surface area contributed by atoms with E-state index in [1.165, 1.54) is 5.70 Å². The molecule has 0 radical (unpaired) electrons. The summed E-state index contributed by atoms with van der Waals surface area (Å²) in [5.41, 5.74) is 1.64. The first-order valence-corrected chi connectivity index (χ1v) is 5.67. The number of rotatable bonds is 1. The zero-order chi connectivity index (χ0) is 10.5. The third-order valence-corrected chi connectivity index (χ3v) is 4.20. The van der Waals surface area contributed by atoms with E-state index in [-0.39, 0.29) is 5.41 Å². The fourth-order valence-electron chi connectivity index (χ4n) is 3.11. The topological polar surface area (TPSA) is 33.3 Å². The van der Waals surface area contributed by atoms with Crippen LogP contribution in [-0.2, 0) is 4.74 Å². The molecule has 0 bridgehead atoms. The van der Waals surface area contributed by atoms with Gasteiger partial charge < -0.3 is 15.4 Å². The minimum absolute atomic E-state index is 0.225. The second-order valence-electron chi connectivity index (χ2n) is 4.98. The maximum absolute atomic E-state index is 5.48. The summed E-state index contributed by atoms with van der Waals surface area (Å²) in [7, 11) is 1.81.